The van der Waals surface area contributed by atoms with Crippen LogP contribution in [0, 0.1) is 0 Å². The number of carbonyl (C=O) groups is 1. The van der Waals surface area contributed by atoms with E-state index in [2.05, 4.69) is 16.5 Å². The largest absolute Gasteiger partial charge is 0.416 e. The quantitative estimate of drug-likeness (QED) is 0.363. The third kappa shape index (κ3) is 5.42. The Balaban J connectivity index is 1.52. The number of hydrogen-bond donors (Lipinski definition) is 0. The highest BCUT2D eigenvalue weighted by Gasteiger charge is 2.30. The van der Waals surface area contributed by atoms with Crippen LogP contribution in [0.5, 0.6) is 0 Å². The Labute approximate surface area is 211 Å². The number of halogens is 3. The molecule has 37 heavy (non-hydrogen) atoms. The lowest BCUT2D eigenvalue weighted by Crippen LogP contribution is -2.36. The van der Waals surface area contributed by atoms with Gasteiger partial charge in [0.05, 0.1) is 30.0 Å². The molecule has 1 aliphatic heterocycles. The lowest BCUT2D eigenvalue weighted by Gasteiger charge is -2.28. The topological polar surface area (TPSA) is 76.8 Å². The van der Waals surface area contributed by atoms with E-state index >= 15 is 0 Å². The minimum atomic E-state index is -4.44. The molecule has 0 spiro atoms. The predicted molar refractivity (Wildman–Crippen MR) is 130 cm³/mol. The molecule has 0 saturated heterocycles. The maximum absolute atomic E-state index is 13.2. The van der Waals surface area contributed by atoms with E-state index in [4.69, 9.17) is 10.1 Å². The molecule has 7 nitrogen and oxygen atoms in total. The molecule has 4 heterocycles. The molecule has 0 N–H and O–H groups in total. The lowest BCUT2D eigenvalue weighted by molar-refractivity contribution is -0.137. The van der Waals surface area contributed by atoms with E-state index in [0.29, 0.717) is 48.0 Å². The Bertz CT molecular complexity index is 1450. The van der Waals surface area contributed by atoms with Crippen molar-refractivity contribution in [1.29, 1.82) is 0 Å². The zero-order valence-electron chi connectivity index (χ0n) is 19.8. The molecule has 0 bridgehead atoms. The molecule has 1 amide bonds. The maximum Gasteiger partial charge on any atom is 0.416 e. The summed E-state index contributed by atoms with van der Waals surface area (Å²) in [5, 5.41) is 4.70. The van der Waals surface area contributed by atoms with Gasteiger partial charge in [-0.15, -0.1) is 0 Å². The number of nitrogens with zero attached hydrogens (tertiary/aromatic N) is 6. The summed E-state index contributed by atoms with van der Waals surface area (Å²) < 4.78 is 41.5. The molecule has 1 aromatic carbocycles. The van der Waals surface area contributed by atoms with Crippen molar-refractivity contribution in [2.45, 2.75) is 32.1 Å². The molecule has 188 valence electrons. The third-order valence-corrected chi connectivity index (χ3v) is 6.16. The van der Waals surface area contributed by atoms with E-state index in [9.17, 15) is 18.0 Å². The van der Waals surface area contributed by atoms with Crippen LogP contribution in [0.4, 0.5) is 13.2 Å². The smallest absolute Gasteiger partial charge is 0.333 e. The second kappa shape index (κ2) is 9.96. The minimum Gasteiger partial charge on any atom is -0.333 e. The van der Waals surface area contributed by atoms with Crippen LogP contribution in [0.25, 0.3) is 11.4 Å². The van der Waals surface area contributed by atoms with Crippen molar-refractivity contribution in [2.75, 3.05) is 6.54 Å². The van der Waals surface area contributed by atoms with Gasteiger partial charge in [0.25, 0.3) is 0 Å². The van der Waals surface area contributed by atoms with Crippen LogP contribution >= 0.6 is 0 Å². The van der Waals surface area contributed by atoms with Gasteiger partial charge in [-0.05, 0) is 41.8 Å². The van der Waals surface area contributed by atoms with Crippen molar-refractivity contribution in [3.05, 3.63) is 107 Å². The molecule has 0 unspecified atom stereocenters. The SMILES string of the molecule is C=CC(=O)N1CCc2c(nc(Cc3cccc(C(F)(F)F)c3)nc2-c2ccn(Cc3cccnc3)n2)C1. The minimum absolute atomic E-state index is 0.107. The highest BCUT2D eigenvalue weighted by Crippen LogP contribution is 2.31. The molecule has 5 rings (SSSR count). The van der Waals surface area contributed by atoms with E-state index in [1.807, 2.05) is 24.4 Å². The highest BCUT2D eigenvalue weighted by atomic mass is 19.4. The van der Waals surface area contributed by atoms with Gasteiger partial charge in [-0.3, -0.25) is 14.5 Å². The second-order valence-electron chi connectivity index (χ2n) is 8.76. The molecule has 1 aliphatic rings. The fourth-order valence-electron chi connectivity index (χ4n) is 4.38. The number of rotatable bonds is 6. The molecule has 10 heteroatoms. The van der Waals surface area contributed by atoms with Crippen molar-refractivity contribution < 1.29 is 18.0 Å². The van der Waals surface area contributed by atoms with Gasteiger partial charge in [-0.1, -0.05) is 30.8 Å². The lowest BCUT2D eigenvalue weighted by atomic mass is 10.00. The third-order valence-electron chi connectivity index (χ3n) is 6.16. The molecule has 0 fully saturated rings. The maximum atomic E-state index is 13.2. The second-order valence-corrected chi connectivity index (χ2v) is 8.76. The molecule has 0 aliphatic carbocycles. The summed E-state index contributed by atoms with van der Waals surface area (Å²) in [4.78, 5) is 27.4. The van der Waals surface area contributed by atoms with Gasteiger partial charge < -0.3 is 4.90 Å². The van der Waals surface area contributed by atoms with E-state index < -0.39 is 11.7 Å². The molecular weight excluding hydrogens is 481 g/mol. The van der Waals surface area contributed by atoms with Gasteiger partial charge in [-0.2, -0.15) is 18.3 Å². The van der Waals surface area contributed by atoms with Crippen LogP contribution in [0.15, 0.2) is 73.7 Å². The molecule has 0 saturated carbocycles. The van der Waals surface area contributed by atoms with Gasteiger partial charge in [0.15, 0.2) is 0 Å². The highest BCUT2D eigenvalue weighted by molar-refractivity contribution is 5.87. The first-order chi connectivity index (χ1) is 17.8. The zero-order chi connectivity index (χ0) is 26.0. The van der Waals surface area contributed by atoms with Crippen LogP contribution in [0.3, 0.4) is 0 Å². The average Bonchev–Trinajstić information content (AvgIpc) is 3.36. The van der Waals surface area contributed by atoms with E-state index in [1.54, 1.807) is 28.0 Å². The summed E-state index contributed by atoms with van der Waals surface area (Å²) in [5.41, 5.74) is 3.52. The summed E-state index contributed by atoms with van der Waals surface area (Å²) in [7, 11) is 0. The van der Waals surface area contributed by atoms with Crippen molar-refractivity contribution in [2.24, 2.45) is 0 Å². The number of hydrogen-bond acceptors (Lipinski definition) is 5. The summed E-state index contributed by atoms with van der Waals surface area (Å²) in [5.74, 6) is 0.161. The first-order valence-electron chi connectivity index (χ1n) is 11.7. The summed E-state index contributed by atoms with van der Waals surface area (Å²) in [6.07, 6.45) is 2.78. The number of benzene rings is 1. The van der Waals surface area contributed by atoms with Gasteiger partial charge >= 0.3 is 6.18 Å². The Hall–Kier alpha value is -4.34. The Kier molecular flexibility index (Phi) is 6.56. The Morgan fingerprint density at radius 1 is 1.11 bits per heavy atom. The monoisotopic (exact) mass is 504 g/mol. The van der Waals surface area contributed by atoms with E-state index in [0.717, 1.165) is 23.3 Å². The van der Waals surface area contributed by atoms with Gasteiger partial charge in [0.2, 0.25) is 5.91 Å². The van der Waals surface area contributed by atoms with Crippen molar-refractivity contribution >= 4 is 5.91 Å². The summed E-state index contributed by atoms with van der Waals surface area (Å²) in [6.45, 7) is 4.84. The number of amides is 1. The van der Waals surface area contributed by atoms with E-state index in [-0.39, 0.29) is 18.9 Å². The van der Waals surface area contributed by atoms with Crippen LogP contribution in [0.1, 0.15) is 33.8 Å². The first kappa shape index (κ1) is 24.4. The molecular formula is C27H23F3N6O. The average molecular weight is 505 g/mol. The molecule has 3 aromatic heterocycles. The number of pyridine rings is 1. The molecule has 0 radical (unpaired) electrons. The standard InChI is InChI=1S/C27H23F3N6O/c1-2-25(37)35-11-8-21-23(17-35)32-24(14-18-5-3-7-20(13-18)27(28,29)30)33-26(21)22-9-12-36(34-22)16-19-6-4-10-31-15-19/h2-7,9-10,12-13,15H,1,8,11,14,16-17H2. The fourth-order valence-corrected chi connectivity index (χ4v) is 4.38. The number of alkyl halides is 3. The number of fused-ring (bicyclic) bond motifs is 1. The summed E-state index contributed by atoms with van der Waals surface area (Å²) in [6, 6.07) is 10.8. The first-order valence-corrected chi connectivity index (χ1v) is 11.7. The zero-order valence-corrected chi connectivity index (χ0v) is 19.8. The predicted octanol–water partition coefficient (Wildman–Crippen LogP) is 4.46. The van der Waals surface area contributed by atoms with Crippen LogP contribution in [-0.2, 0) is 36.9 Å². The van der Waals surface area contributed by atoms with Crippen molar-refractivity contribution in [1.82, 2.24) is 29.6 Å². The Morgan fingerprint density at radius 2 is 1.95 bits per heavy atom. The van der Waals surface area contributed by atoms with Gasteiger partial charge in [0.1, 0.15) is 11.5 Å². The number of aromatic nitrogens is 5. The fraction of sp³-hybridized carbons (Fsp3) is 0.222. The summed E-state index contributed by atoms with van der Waals surface area (Å²) >= 11 is 0. The van der Waals surface area contributed by atoms with Gasteiger partial charge in [0, 0.05) is 37.1 Å². The molecule has 0 atom stereocenters. The van der Waals surface area contributed by atoms with E-state index in [1.165, 1.54) is 12.1 Å². The number of carbonyl (C=O) groups excluding carboxylic acids is 1. The van der Waals surface area contributed by atoms with Crippen LogP contribution in [0.2, 0.25) is 0 Å². The normalized spacial score (nSPS) is 13.3. The van der Waals surface area contributed by atoms with Crippen molar-refractivity contribution in [3.8, 4) is 11.4 Å². The van der Waals surface area contributed by atoms with Crippen LogP contribution in [-0.4, -0.2) is 42.1 Å². The molecule has 4 aromatic rings. The van der Waals surface area contributed by atoms with Crippen molar-refractivity contribution in [3.63, 3.8) is 0 Å². The Morgan fingerprint density at radius 3 is 2.70 bits per heavy atom. The van der Waals surface area contributed by atoms with Crippen LogP contribution < -0.4 is 0 Å². The van der Waals surface area contributed by atoms with Gasteiger partial charge in [-0.25, -0.2) is 9.97 Å².